The highest BCUT2D eigenvalue weighted by atomic mass is 79.9. The Morgan fingerprint density at radius 2 is 2.25 bits per heavy atom. The van der Waals surface area contributed by atoms with Crippen LogP contribution >= 0.6 is 27.3 Å². The molecule has 0 spiro atoms. The fraction of sp³-hybridized carbons (Fsp3) is 0.583. The van der Waals surface area contributed by atoms with E-state index in [1.54, 1.807) is 11.3 Å². The van der Waals surface area contributed by atoms with E-state index in [-0.39, 0.29) is 5.91 Å². The third kappa shape index (κ3) is 1.82. The summed E-state index contributed by atoms with van der Waals surface area (Å²) in [4.78, 5) is 13.1. The second-order valence-corrected chi connectivity index (χ2v) is 6.55. The molecule has 1 aromatic rings. The van der Waals surface area contributed by atoms with Crippen molar-refractivity contribution >= 4 is 33.2 Å². The van der Waals surface area contributed by atoms with Gasteiger partial charge in [0.15, 0.2) is 0 Å². The van der Waals surface area contributed by atoms with Gasteiger partial charge in [-0.05, 0) is 52.1 Å². The molecule has 2 unspecified atom stereocenters. The molecule has 0 aliphatic heterocycles. The average molecular weight is 300 g/mol. The van der Waals surface area contributed by atoms with Gasteiger partial charge < -0.3 is 5.32 Å². The van der Waals surface area contributed by atoms with Crippen molar-refractivity contribution in [3.63, 3.8) is 0 Å². The van der Waals surface area contributed by atoms with Gasteiger partial charge >= 0.3 is 0 Å². The quantitative estimate of drug-likeness (QED) is 0.912. The van der Waals surface area contributed by atoms with Crippen LogP contribution in [0.3, 0.4) is 0 Å². The summed E-state index contributed by atoms with van der Waals surface area (Å²) in [5.41, 5.74) is 0. The van der Waals surface area contributed by atoms with Gasteiger partial charge in [0.1, 0.15) is 0 Å². The number of halogens is 1. The minimum atomic E-state index is 0.273. The Labute approximate surface area is 108 Å². The molecule has 2 nitrogen and oxygen atoms in total. The van der Waals surface area contributed by atoms with Gasteiger partial charge in [-0.3, -0.25) is 4.79 Å². The number of carbonyl (C=O) groups is 1. The van der Waals surface area contributed by atoms with Crippen LogP contribution in [0, 0.1) is 17.8 Å². The standard InChI is InChI=1S/C12H14BrNOS/c13-9-4-5-16-10(9)6-14-12(15)11-7-2-1-3-8(7)11/h4-5,7-8,11H,1-3,6H2,(H,14,15). The lowest BCUT2D eigenvalue weighted by atomic mass is 10.1. The molecule has 0 bridgehead atoms. The normalized spacial score (nSPS) is 31.2. The van der Waals surface area contributed by atoms with Crippen LogP contribution < -0.4 is 5.32 Å². The van der Waals surface area contributed by atoms with Crippen molar-refractivity contribution < 1.29 is 4.79 Å². The molecular formula is C12H14BrNOS. The van der Waals surface area contributed by atoms with Gasteiger partial charge in [-0.15, -0.1) is 11.3 Å². The first-order valence-electron chi connectivity index (χ1n) is 5.77. The van der Waals surface area contributed by atoms with E-state index in [2.05, 4.69) is 21.2 Å². The lowest BCUT2D eigenvalue weighted by Gasteiger charge is -2.05. The SMILES string of the molecule is O=C(NCc1sccc1Br)C1C2CCCC21. The molecule has 2 aliphatic carbocycles. The number of thiophene rings is 1. The maximum Gasteiger partial charge on any atom is 0.223 e. The molecule has 1 heterocycles. The van der Waals surface area contributed by atoms with Crippen molar-refractivity contribution in [1.29, 1.82) is 0 Å². The van der Waals surface area contributed by atoms with Crippen molar-refractivity contribution in [2.45, 2.75) is 25.8 Å². The molecule has 2 atom stereocenters. The van der Waals surface area contributed by atoms with E-state index in [9.17, 15) is 4.79 Å². The zero-order valence-corrected chi connectivity index (χ0v) is 11.3. The number of rotatable bonds is 3. The molecule has 0 saturated heterocycles. The second kappa shape index (κ2) is 4.15. The zero-order valence-electron chi connectivity index (χ0n) is 8.91. The second-order valence-electron chi connectivity index (χ2n) is 4.69. The molecule has 1 aromatic heterocycles. The van der Waals surface area contributed by atoms with Crippen molar-refractivity contribution in [1.82, 2.24) is 5.32 Å². The van der Waals surface area contributed by atoms with E-state index in [1.165, 1.54) is 24.1 Å². The fourth-order valence-corrected chi connectivity index (χ4v) is 4.38. The van der Waals surface area contributed by atoms with Crippen LogP contribution in [0.25, 0.3) is 0 Å². The van der Waals surface area contributed by atoms with Crippen LogP contribution in [-0.2, 0) is 11.3 Å². The first-order chi connectivity index (χ1) is 7.77. The Bertz CT molecular complexity index is 407. The molecule has 2 saturated carbocycles. The van der Waals surface area contributed by atoms with Gasteiger partial charge in [-0.1, -0.05) is 6.42 Å². The van der Waals surface area contributed by atoms with Crippen molar-refractivity contribution in [2.75, 3.05) is 0 Å². The summed E-state index contributed by atoms with van der Waals surface area (Å²) >= 11 is 5.16. The third-order valence-electron chi connectivity index (χ3n) is 3.82. The van der Waals surface area contributed by atoms with Gasteiger partial charge in [0.25, 0.3) is 0 Å². The molecule has 4 heteroatoms. The minimum Gasteiger partial charge on any atom is -0.351 e. The van der Waals surface area contributed by atoms with E-state index in [0.717, 1.165) is 4.47 Å². The predicted molar refractivity (Wildman–Crippen MR) is 68.2 cm³/mol. The van der Waals surface area contributed by atoms with E-state index >= 15 is 0 Å². The average Bonchev–Trinajstić information content (AvgIpc) is 2.67. The number of hydrogen-bond donors (Lipinski definition) is 1. The monoisotopic (exact) mass is 299 g/mol. The van der Waals surface area contributed by atoms with Gasteiger partial charge in [0.2, 0.25) is 5.91 Å². The molecule has 3 rings (SSSR count). The predicted octanol–water partition coefficient (Wildman–Crippen LogP) is 3.17. The zero-order chi connectivity index (χ0) is 11.1. The largest absolute Gasteiger partial charge is 0.351 e. The highest BCUT2D eigenvalue weighted by molar-refractivity contribution is 9.10. The summed E-state index contributed by atoms with van der Waals surface area (Å²) in [6.45, 7) is 0.674. The van der Waals surface area contributed by atoms with Gasteiger partial charge in [-0.2, -0.15) is 0 Å². The van der Waals surface area contributed by atoms with Crippen molar-refractivity contribution in [2.24, 2.45) is 17.8 Å². The lowest BCUT2D eigenvalue weighted by Crippen LogP contribution is -2.25. The summed E-state index contributed by atoms with van der Waals surface area (Å²) in [6, 6.07) is 2.03. The number of fused-ring (bicyclic) bond motifs is 1. The summed E-state index contributed by atoms with van der Waals surface area (Å²) in [5, 5.41) is 5.10. The summed E-state index contributed by atoms with van der Waals surface area (Å²) in [6.07, 6.45) is 3.87. The Morgan fingerprint density at radius 3 is 2.88 bits per heavy atom. The van der Waals surface area contributed by atoms with Crippen LogP contribution in [0.1, 0.15) is 24.1 Å². The van der Waals surface area contributed by atoms with Crippen molar-refractivity contribution in [3.05, 3.63) is 20.8 Å². The smallest absolute Gasteiger partial charge is 0.223 e. The van der Waals surface area contributed by atoms with Gasteiger partial charge in [0, 0.05) is 15.3 Å². The molecule has 2 fully saturated rings. The first kappa shape index (κ1) is 10.8. The number of amides is 1. The number of hydrogen-bond acceptors (Lipinski definition) is 2. The Hall–Kier alpha value is -0.350. The number of nitrogens with one attached hydrogen (secondary N) is 1. The molecule has 86 valence electrons. The first-order valence-corrected chi connectivity index (χ1v) is 7.44. The summed E-state index contributed by atoms with van der Waals surface area (Å²) in [5.74, 6) is 2.04. The Morgan fingerprint density at radius 1 is 1.50 bits per heavy atom. The van der Waals surface area contributed by atoms with E-state index in [1.807, 2.05) is 11.4 Å². The van der Waals surface area contributed by atoms with Crippen LogP contribution in [0.4, 0.5) is 0 Å². The van der Waals surface area contributed by atoms with Gasteiger partial charge in [0.05, 0.1) is 6.54 Å². The Balaban J connectivity index is 1.53. The third-order valence-corrected chi connectivity index (χ3v) is 5.75. The fourth-order valence-electron chi connectivity index (χ4n) is 2.95. The highest BCUT2D eigenvalue weighted by Gasteiger charge is 2.56. The van der Waals surface area contributed by atoms with E-state index in [0.29, 0.717) is 24.3 Å². The molecule has 16 heavy (non-hydrogen) atoms. The lowest BCUT2D eigenvalue weighted by molar-refractivity contribution is -0.123. The Kier molecular flexibility index (Phi) is 2.80. The number of carbonyl (C=O) groups excluding carboxylic acids is 1. The van der Waals surface area contributed by atoms with Crippen LogP contribution in [-0.4, -0.2) is 5.91 Å². The topological polar surface area (TPSA) is 29.1 Å². The van der Waals surface area contributed by atoms with E-state index in [4.69, 9.17) is 0 Å². The summed E-state index contributed by atoms with van der Waals surface area (Å²) < 4.78 is 1.11. The van der Waals surface area contributed by atoms with E-state index < -0.39 is 0 Å². The van der Waals surface area contributed by atoms with Crippen molar-refractivity contribution in [3.8, 4) is 0 Å². The maximum absolute atomic E-state index is 11.9. The molecule has 1 N–H and O–H groups in total. The molecule has 2 aliphatic rings. The van der Waals surface area contributed by atoms with Crippen LogP contribution in [0.15, 0.2) is 15.9 Å². The maximum atomic E-state index is 11.9. The van der Waals surface area contributed by atoms with Crippen LogP contribution in [0.5, 0.6) is 0 Å². The molecule has 1 amide bonds. The minimum absolute atomic E-state index is 0.273. The molecule has 0 radical (unpaired) electrons. The molecule has 0 aromatic carbocycles. The van der Waals surface area contributed by atoms with Crippen LogP contribution in [0.2, 0.25) is 0 Å². The molecular weight excluding hydrogens is 286 g/mol. The summed E-state index contributed by atoms with van der Waals surface area (Å²) in [7, 11) is 0. The highest BCUT2D eigenvalue weighted by Crippen LogP contribution is 2.57. The van der Waals surface area contributed by atoms with Gasteiger partial charge in [-0.25, -0.2) is 0 Å².